The maximum Gasteiger partial charge on any atom is 0.263 e. The maximum atomic E-state index is 12.8. The SMILES string of the molecule is COc1ccc(C2CCCN2C(=O)CCN=C2NS(=O)(=O)c3ccccc32)cc1. The molecule has 1 N–H and O–H groups in total. The molecule has 1 saturated heterocycles. The molecular formula is C21H23N3O4S. The van der Waals surface area contributed by atoms with E-state index in [4.69, 9.17) is 4.74 Å². The number of hydrogen-bond acceptors (Lipinski definition) is 5. The number of sulfonamides is 1. The summed E-state index contributed by atoms with van der Waals surface area (Å²) in [5.74, 6) is 1.13. The van der Waals surface area contributed by atoms with Crippen LogP contribution >= 0.6 is 0 Å². The van der Waals surface area contributed by atoms with Crippen LogP contribution in [0.3, 0.4) is 0 Å². The van der Waals surface area contributed by atoms with Crippen molar-refractivity contribution in [1.29, 1.82) is 0 Å². The second-order valence-corrected chi connectivity index (χ2v) is 8.75. The lowest BCUT2D eigenvalue weighted by Gasteiger charge is -2.25. The number of fused-ring (bicyclic) bond motifs is 1. The third-order valence-corrected chi connectivity index (χ3v) is 6.73. The highest BCUT2D eigenvalue weighted by atomic mass is 32.2. The molecule has 2 aliphatic heterocycles. The number of carbonyl (C=O) groups excluding carboxylic acids is 1. The van der Waals surface area contributed by atoms with Crippen molar-refractivity contribution in [3.05, 3.63) is 59.7 Å². The van der Waals surface area contributed by atoms with Crippen LogP contribution in [0.25, 0.3) is 0 Å². The van der Waals surface area contributed by atoms with Crippen molar-refractivity contribution < 1.29 is 17.9 Å². The molecular weight excluding hydrogens is 390 g/mol. The van der Waals surface area contributed by atoms with Crippen LogP contribution in [0.5, 0.6) is 5.75 Å². The number of amides is 1. The van der Waals surface area contributed by atoms with E-state index in [1.165, 1.54) is 0 Å². The van der Waals surface area contributed by atoms with Crippen molar-refractivity contribution >= 4 is 21.8 Å². The number of carbonyl (C=O) groups is 1. The number of benzene rings is 2. The van der Waals surface area contributed by atoms with Crippen LogP contribution in [0.1, 0.15) is 36.4 Å². The van der Waals surface area contributed by atoms with Crippen molar-refractivity contribution in [2.45, 2.75) is 30.2 Å². The van der Waals surface area contributed by atoms with Gasteiger partial charge in [0.2, 0.25) is 5.91 Å². The smallest absolute Gasteiger partial charge is 0.263 e. The summed E-state index contributed by atoms with van der Waals surface area (Å²) in [6, 6.07) is 14.6. The predicted octanol–water partition coefficient (Wildman–Crippen LogP) is 2.49. The Balaban J connectivity index is 1.42. The van der Waals surface area contributed by atoms with E-state index in [1.807, 2.05) is 29.2 Å². The number of methoxy groups -OCH3 is 1. The van der Waals surface area contributed by atoms with Crippen LogP contribution in [-0.4, -0.2) is 45.3 Å². The van der Waals surface area contributed by atoms with Crippen LogP contribution in [0.4, 0.5) is 0 Å². The minimum absolute atomic E-state index is 0.0295. The van der Waals surface area contributed by atoms with Gasteiger partial charge in [0, 0.05) is 18.5 Å². The Bertz CT molecular complexity index is 1050. The number of amidine groups is 1. The van der Waals surface area contributed by atoms with Gasteiger partial charge in [-0.3, -0.25) is 14.5 Å². The lowest BCUT2D eigenvalue weighted by Crippen LogP contribution is -2.31. The molecule has 152 valence electrons. The third kappa shape index (κ3) is 3.85. The first-order chi connectivity index (χ1) is 14.0. The average molecular weight is 413 g/mol. The third-order valence-electron chi connectivity index (χ3n) is 5.33. The molecule has 0 saturated carbocycles. The van der Waals surface area contributed by atoms with Crippen LogP contribution < -0.4 is 9.46 Å². The zero-order chi connectivity index (χ0) is 20.4. The van der Waals surface area contributed by atoms with Gasteiger partial charge in [0.1, 0.15) is 11.6 Å². The number of nitrogens with one attached hydrogen (secondary N) is 1. The summed E-state index contributed by atoms with van der Waals surface area (Å²) >= 11 is 0. The molecule has 0 aromatic heterocycles. The van der Waals surface area contributed by atoms with Gasteiger partial charge in [-0.25, -0.2) is 8.42 Å². The second-order valence-electron chi connectivity index (χ2n) is 7.10. The Hall–Kier alpha value is -2.87. The largest absolute Gasteiger partial charge is 0.497 e. The predicted molar refractivity (Wildman–Crippen MR) is 109 cm³/mol. The number of hydrogen-bond donors (Lipinski definition) is 1. The molecule has 1 fully saturated rings. The normalized spacial score (nSPS) is 21.1. The molecule has 1 atom stereocenters. The van der Waals surface area contributed by atoms with Crippen LogP contribution in [0.2, 0.25) is 0 Å². The summed E-state index contributed by atoms with van der Waals surface area (Å²) in [5.41, 5.74) is 1.65. The number of nitrogens with zero attached hydrogens (tertiary/aromatic N) is 2. The molecule has 2 aromatic carbocycles. The van der Waals surface area contributed by atoms with Crippen LogP contribution in [0.15, 0.2) is 58.4 Å². The molecule has 2 aromatic rings. The van der Waals surface area contributed by atoms with E-state index >= 15 is 0 Å². The standard InChI is InChI=1S/C21H23N3O4S/c1-28-16-10-8-15(9-11-16)18-6-4-14-24(18)20(25)12-13-22-21-17-5-2-3-7-19(17)29(26,27)23-21/h2-3,5,7-11,18H,4,6,12-14H2,1H3,(H,22,23). The van der Waals surface area contributed by atoms with E-state index in [2.05, 4.69) is 9.71 Å². The summed E-state index contributed by atoms with van der Waals surface area (Å²) in [6.07, 6.45) is 2.13. The molecule has 2 heterocycles. The summed E-state index contributed by atoms with van der Waals surface area (Å²) in [5, 5.41) is 0. The Kier molecular flexibility index (Phi) is 5.27. The second kappa shape index (κ2) is 7.87. The zero-order valence-corrected chi connectivity index (χ0v) is 17.0. The van der Waals surface area contributed by atoms with Gasteiger partial charge < -0.3 is 9.64 Å². The topological polar surface area (TPSA) is 88.1 Å². The van der Waals surface area contributed by atoms with Crippen LogP contribution in [0, 0.1) is 0 Å². The van der Waals surface area contributed by atoms with Crippen molar-refractivity contribution in [3.8, 4) is 5.75 Å². The van der Waals surface area contributed by atoms with Crippen molar-refractivity contribution in [1.82, 2.24) is 9.62 Å². The molecule has 0 aliphatic carbocycles. The van der Waals surface area contributed by atoms with Gasteiger partial charge in [-0.15, -0.1) is 0 Å². The fourth-order valence-electron chi connectivity index (χ4n) is 3.90. The van der Waals surface area contributed by atoms with Gasteiger partial charge in [0.05, 0.1) is 24.6 Å². The highest BCUT2D eigenvalue weighted by Crippen LogP contribution is 2.33. The van der Waals surface area contributed by atoms with Crippen LogP contribution in [-0.2, 0) is 14.8 Å². The molecule has 0 radical (unpaired) electrons. The fourth-order valence-corrected chi connectivity index (χ4v) is 5.15. The Morgan fingerprint density at radius 1 is 1.21 bits per heavy atom. The lowest BCUT2D eigenvalue weighted by atomic mass is 10.0. The van der Waals surface area contributed by atoms with Gasteiger partial charge in [-0.1, -0.05) is 24.3 Å². The first-order valence-corrected chi connectivity index (χ1v) is 11.1. The quantitative estimate of drug-likeness (QED) is 0.816. The zero-order valence-electron chi connectivity index (χ0n) is 16.2. The first-order valence-electron chi connectivity index (χ1n) is 9.60. The minimum Gasteiger partial charge on any atom is -0.497 e. The van der Waals surface area contributed by atoms with E-state index < -0.39 is 10.0 Å². The van der Waals surface area contributed by atoms with Gasteiger partial charge in [-0.2, -0.15) is 0 Å². The summed E-state index contributed by atoms with van der Waals surface area (Å²) < 4.78 is 32.0. The first kappa shape index (κ1) is 19.4. The molecule has 1 amide bonds. The Labute approximate surface area is 170 Å². The van der Waals surface area contributed by atoms with Crippen molar-refractivity contribution in [2.75, 3.05) is 20.2 Å². The number of rotatable bonds is 5. The van der Waals surface area contributed by atoms with Gasteiger partial charge in [-0.05, 0) is 42.7 Å². The number of likely N-dealkylation sites (tertiary alicyclic amines) is 1. The van der Waals surface area contributed by atoms with E-state index in [1.54, 1.807) is 31.4 Å². The van der Waals surface area contributed by atoms with Gasteiger partial charge >= 0.3 is 0 Å². The van der Waals surface area contributed by atoms with E-state index in [9.17, 15) is 13.2 Å². The molecule has 4 rings (SSSR count). The van der Waals surface area contributed by atoms with Gasteiger partial charge in [0.25, 0.3) is 10.0 Å². The number of ether oxygens (including phenoxy) is 1. The molecule has 0 spiro atoms. The minimum atomic E-state index is -3.56. The molecule has 29 heavy (non-hydrogen) atoms. The van der Waals surface area contributed by atoms with Crippen molar-refractivity contribution in [3.63, 3.8) is 0 Å². The Morgan fingerprint density at radius 3 is 2.72 bits per heavy atom. The van der Waals surface area contributed by atoms with Crippen molar-refractivity contribution in [2.24, 2.45) is 4.99 Å². The average Bonchev–Trinajstić information content (AvgIpc) is 3.32. The summed E-state index contributed by atoms with van der Waals surface area (Å²) in [6.45, 7) is 0.957. The van der Waals surface area contributed by atoms with E-state index in [-0.39, 0.29) is 29.8 Å². The highest BCUT2D eigenvalue weighted by Gasteiger charge is 2.31. The molecule has 2 aliphatic rings. The maximum absolute atomic E-state index is 12.8. The molecule has 1 unspecified atom stereocenters. The molecule has 0 bridgehead atoms. The van der Waals surface area contributed by atoms with E-state index in [0.717, 1.165) is 30.7 Å². The summed E-state index contributed by atoms with van der Waals surface area (Å²) in [7, 11) is -1.93. The van der Waals surface area contributed by atoms with Gasteiger partial charge in [0.15, 0.2) is 0 Å². The molecule has 8 heteroatoms. The summed E-state index contributed by atoms with van der Waals surface area (Å²) in [4.78, 5) is 19.3. The molecule has 7 nitrogen and oxygen atoms in total. The monoisotopic (exact) mass is 413 g/mol. The lowest BCUT2D eigenvalue weighted by molar-refractivity contribution is -0.131. The number of aliphatic imine (C=N–C) groups is 1. The Morgan fingerprint density at radius 2 is 1.97 bits per heavy atom. The van der Waals surface area contributed by atoms with E-state index in [0.29, 0.717) is 11.4 Å². The highest BCUT2D eigenvalue weighted by molar-refractivity contribution is 7.90. The fraction of sp³-hybridized carbons (Fsp3) is 0.333.